The fraction of sp³-hybridized carbons (Fsp3) is 0.310. The number of hydrogen-bond donors (Lipinski definition) is 2. The number of nitrogens with two attached hydrogens (primary N) is 1. The molecule has 3 amide bonds. The molecule has 5 rings (SSSR count). The third-order valence-corrected chi connectivity index (χ3v) is 7.47. The lowest BCUT2D eigenvalue weighted by Crippen LogP contribution is -2.37. The van der Waals surface area contributed by atoms with Crippen LogP contribution in [0.5, 0.6) is 0 Å². The van der Waals surface area contributed by atoms with Crippen molar-refractivity contribution < 1.29 is 23.5 Å². The first-order valence-electron chi connectivity index (χ1n) is 12.8. The molecule has 0 saturated heterocycles. The Morgan fingerprint density at radius 1 is 1.02 bits per heavy atom. The Morgan fingerprint density at radius 3 is 2.35 bits per heavy atom. The van der Waals surface area contributed by atoms with Gasteiger partial charge in [0.15, 0.2) is 0 Å². The Morgan fingerprint density at radius 2 is 1.70 bits per heavy atom. The van der Waals surface area contributed by atoms with Gasteiger partial charge in [-0.05, 0) is 53.4 Å². The smallest absolute Gasteiger partial charge is 0.410 e. The third-order valence-electron chi connectivity index (χ3n) is 6.94. The monoisotopic (exact) mass is 563 g/mol. The minimum absolute atomic E-state index is 0.00696. The van der Waals surface area contributed by atoms with Crippen LogP contribution in [0.25, 0.3) is 10.9 Å². The van der Waals surface area contributed by atoms with Gasteiger partial charge < -0.3 is 19.9 Å². The number of amides is 3. The first-order valence-corrected chi connectivity index (χ1v) is 13.7. The van der Waals surface area contributed by atoms with Crippen LogP contribution < -0.4 is 10.5 Å². The molecule has 2 aliphatic heterocycles. The van der Waals surface area contributed by atoms with E-state index in [1.807, 2.05) is 51.1 Å². The topological polar surface area (TPSA) is 118 Å². The number of benzene rings is 2. The number of anilines is 1. The predicted octanol–water partition coefficient (Wildman–Crippen LogP) is 4.73. The van der Waals surface area contributed by atoms with Gasteiger partial charge in [0.1, 0.15) is 18.1 Å². The summed E-state index contributed by atoms with van der Waals surface area (Å²) >= 11 is 0.914. The number of ether oxygens (including phenoxy) is 1. The summed E-state index contributed by atoms with van der Waals surface area (Å²) in [4.78, 5) is 46.9. The molecule has 0 unspecified atom stereocenters. The van der Waals surface area contributed by atoms with E-state index in [1.54, 1.807) is 15.9 Å². The number of carbonyl (C=O) groups excluding carboxylic acids is 3. The molecule has 1 aromatic heterocycles. The predicted molar refractivity (Wildman–Crippen MR) is 151 cm³/mol. The zero-order valence-corrected chi connectivity index (χ0v) is 23.3. The van der Waals surface area contributed by atoms with Crippen LogP contribution in [-0.4, -0.2) is 58.9 Å². The average Bonchev–Trinajstić information content (AvgIpc) is 3.50. The highest BCUT2D eigenvalue weighted by Gasteiger charge is 2.35. The molecule has 0 bridgehead atoms. The van der Waals surface area contributed by atoms with Gasteiger partial charge in [0.25, 0.3) is 5.91 Å². The molecule has 0 saturated carbocycles. The number of hydrogen-bond acceptors (Lipinski definition) is 7. The van der Waals surface area contributed by atoms with E-state index in [4.69, 9.17) is 9.88 Å². The summed E-state index contributed by atoms with van der Waals surface area (Å²) in [5.41, 5.74) is 2.93. The maximum absolute atomic E-state index is 14.4. The molecule has 3 aromatic rings. The minimum Gasteiger partial charge on any atom is -0.443 e. The van der Waals surface area contributed by atoms with Crippen LogP contribution in [-0.2, 0) is 16.1 Å². The second kappa shape index (κ2) is 10.9. The van der Waals surface area contributed by atoms with Gasteiger partial charge in [-0.25, -0.2) is 14.2 Å². The largest absolute Gasteiger partial charge is 0.443 e. The summed E-state index contributed by atoms with van der Waals surface area (Å²) in [6, 6.07) is 13.6. The third kappa shape index (κ3) is 5.66. The molecule has 0 spiro atoms. The van der Waals surface area contributed by atoms with E-state index in [-0.39, 0.29) is 18.1 Å². The number of carbonyl (C=O) groups is 3. The molecule has 3 N–H and O–H groups in total. The normalized spacial score (nSPS) is 15.0. The summed E-state index contributed by atoms with van der Waals surface area (Å²) in [6.45, 7) is 6.61. The first kappa shape index (κ1) is 27.6. The van der Waals surface area contributed by atoms with Crippen molar-refractivity contribution >= 4 is 46.4 Å². The van der Waals surface area contributed by atoms with E-state index in [1.165, 1.54) is 12.1 Å². The Balaban J connectivity index is 1.21. The second-order valence-corrected chi connectivity index (χ2v) is 11.6. The highest BCUT2D eigenvalue weighted by atomic mass is 32.2. The van der Waals surface area contributed by atoms with Gasteiger partial charge in [0.2, 0.25) is 5.91 Å². The van der Waals surface area contributed by atoms with Crippen molar-refractivity contribution in [1.29, 1.82) is 0 Å². The SMILES string of the molecule is CC(C)(C)C(=O)Nc1cc2ccccc2nc1COC(=O)N1CC2=C(C1)CN(C(=O)c1ccc(SN)cc1F)C2. The summed E-state index contributed by atoms with van der Waals surface area (Å²) in [7, 11) is 0. The second-order valence-electron chi connectivity index (χ2n) is 10.9. The van der Waals surface area contributed by atoms with E-state index in [0.717, 1.165) is 34.0 Å². The molecular weight excluding hydrogens is 533 g/mol. The van der Waals surface area contributed by atoms with Crippen LogP contribution in [0.15, 0.2) is 64.6 Å². The van der Waals surface area contributed by atoms with E-state index in [0.29, 0.717) is 42.5 Å². The van der Waals surface area contributed by atoms with Crippen LogP contribution in [0.3, 0.4) is 0 Å². The molecular formula is C29H30FN5O4S. The Labute approximate surface area is 235 Å². The van der Waals surface area contributed by atoms with Gasteiger partial charge in [0, 0.05) is 41.9 Å². The lowest BCUT2D eigenvalue weighted by molar-refractivity contribution is -0.123. The lowest BCUT2D eigenvalue weighted by atomic mass is 9.95. The lowest BCUT2D eigenvalue weighted by Gasteiger charge is -2.23. The molecule has 0 aliphatic carbocycles. The molecule has 0 radical (unpaired) electrons. The number of para-hydroxylation sites is 1. The summed E-state index contributed by atoms with van der Waals surface area (Å²) < 4.78 is 20.1. The number of nitrogens with zero attached hydrogens (tertiary/aromatic N) is 3. The Hall–Kier alpha value is -3.96. The van der Waals surface area contributed by atoms with Crippen molar-refractivity contribution in [2.24, 2.45) is 10.6 Å². The molecule has 0 fully saturated rings. The number of fused-ring (bicyclic) bond motifs is 1. The van der Waals surface area contributed by atoms with Gasteiger partial charge in [0.05, 0.1) is 16.8 Å². The summed E-state index contributed by atoms with van der Waals surface area (Å²) in [6.07, 6.45) is -0.517. The van der Waals surface area contributed by atoms with Gasteiger partial charge >= 0.3 is 6.09 Å². The maximum atomic E-state index is 14.4. The highest BCUT2D eigenvalue weighted by Crippen LogP contribution is 2.29. The first-order chi connectivity index (χ1) is 19.0. The van der Waals surface area contributed by atoms with E-state index in [2.05, 4.69) is 10.3 Å². The fourth-order valence-electron chi connectivity index (χ4n) is 4.67. The highest BCUT2D eigenvalue weighted by molar-refractivity contribution is 7.97. The van der Waals surface area contributed by atoms with Crippen LogP contribution >= 0.6 is 11.9 Å². The molecule has 0 atom stereocenters. The quantitative estimate of drug-likeness (QED) is 0.340. The van der Waals surface area contributed by atoms with Gasteiger partial charge in [-0.2, -0.15) is 0 Å². The molecule has 2 aromatic carbocycles. The van der Waals surface area contributed by atoms with E-state index in [9.17, 15) is 18.8 Å². The van der Waals surface area contributed by atoms with Crippen LogP contribution in [0.4, 0.5) is 14.9 Å². The number of halogens is 1. The van der Waals surface area contributed by atoms with Gasteiger partial charge in [-0.3, -0.25) is 14.7 Å². The zero-order chi connectivity index (χ0) is 28.6. The number of rotatable bonds is 5. The molecule has 11 heteroatoms. The molecule has 208 valence electrons. The van der Waals surface area contributed by atoms with Crippen molar-refractivity contribution in [3.8, 4) is 0 Å². The Kier molecular flexibility index (Phi) is 7.52. The van der Waals surface area contributed by atoms with Crippen LogP contribution in [0.2, 0.25) is 0 Å². The van der Waals surface area contributed by atoms with Gasteiger partial charge in [-0.15, -0.1) is 0 Å². The number of pyridine rings is 1. The average molecular weight is 564 g/mol. The standard InChI is InChI=1S/C29H30FN5O4S/c1-29(2,3)27(37)33-24-10-17-6-4-5-7-23(17)32-25(24)16-39-28(38)35-14-18-12-34(13-19(18)15-35)26(36)21-9-8-20(40-31)11-22(21)30/h4-11H,12-16,31H2,1-3H3,(H,33,37). The minimum atomic E-state index is -0.616. The van der Waals surface area contributed by atoms with Crippen molar-refractivity contribution in [3.05, 3.63) is 76.8 Å². The summed E-state index contributed by atoms with van der Waals surface area (Å²) in [5.74, 6) is -1.19. The van der Waals surface area contributed by atoms with Gasteiger partial charge in [-0.1, -0.05) is 39.0 Å². The van der Waals surface area contributed by atoms with Crippen molar-refractivity contribution in [2.75, 3.05) is 31.5 Å². The zero-order valence-electron chi connectivity index (χ0n) is 22.5. The molecule has 9 nitrogen and oxygen atoms in total. The van der Waals surface area contributed by atoms with Crippen LogP contribution in [0, 0.1) is 11.2 Å². The summed E-state index contributed by atoms with van der Waals surface area (Å²) in [5, 5.41) is 9.25. The Bertz CT molecular complexity index is 1530. The maximum Gasteiger partial charge on any atom is 0.410 e. The van der Waals surface area contributed by atoms with E-state index >= 15 is 0 Å². The molecule has 40 heavy (non-hydrogen) atoms. The van der Waals surface area contributed by atoms with Crippen molar-refractivity contribution in [2.45, 2.75) is 32.3 Å². The van der Waals surface area contributed by atoms with Crippen molar-refractivity contribution in [3.63, 3.8) is 0 Å². The molecule has 2 aliphatic rings. The number of nitrogens with one attached hydrogen (secondary N) is 1. The molecule has 3 heterocycles. The van der Waals surface area contributed by atoms with Crippen LogP contribution in [0.1, 0.15) is 36.8 Å². The van der Waals surface area contributed by atoms with E-state index < -0.39 is 23.2 Å². The number of aromatic nitrogens is 1. The fourth-order valence-corrected chi connectivity index (χ4v) is 4.99. The van der Waals surface area contributed by atoms with Crippen molar-refractivity contribution in [1.82, 2.24) is 14.8 Å².